The first kappa shape index (κ1) is 18.4. The van der Waals surface area contributed by atoms with Crippen LogP contribution in [0.2, 0.25) is 0 Å². The fraction of sp³-hybridized carbons (Fsp3) is 0.391. The molecule has 1 nitrogen and oxygen atoms in total. The maximum absolute atomic E-state index is 2.50. The summed E-state index contributed by atoms with van der Waals surface area (Å²) < 4.78 is 1.26. The van der Waals surface area contributed by atoms with Gasteiger partial charge in [-0.1, -0.05) is 60.7 Å². The van der Waals surface area contributed by atoms with Crippen molar-refractivity contribution in [2.45, 2.75) is 38.1 Å². The van der Waals surface area contributed by atoms with Crippen molar-refractivity contribution in [1.29, 1.82) is 0 Å². The van der Waals surface area contributed by atoms with E-state index in [1.54, 1.807) is 5.57 Å². The Morgan fingerprint density at radius 2 is 1.44 bits per heavy atom. The molecule has 2 aliphatic heterocycles. The van der Waals surface area contributed by atoms with E-state index in [-0.39, 0.29) is 17.0 Å². The van der Waals surface area contributed by atoms with Gasteiger partial charge in [-0.2, -0.15) is 0 Å². The van der Waals surface area contributed by atoms with Crippen LogP contribution >= 0.6 is 0 Å². The van der Waals surface area contributed by atoms with Crippen LogP contribution in [0.1, 0.15) is 43.2 Å². The standard InChI is InChI=1S/C23H28N.BrH/c1-24-17-9-8-14-22(24)16-15-21(18-24)23(19-10-4-2-5-11-19)20-12-6-3-7-13-20;/h2-7,10-13,22H,8-9,14-18H2,1H3;1H/q+1;/p-1. The Balaban J connectivity index is 0.00000182. The van der Waals surface area contributed by atoms with E-state index in [9.17, 15) is 0 Å². The smallest absolute Gasteiger partial charge is 0.101 e. The van der Waals surface area contributed by atoms with Crippen molar-refractivity contribution < 1.29 is 21.5 Å². The lowest BCUT2D eigenvalue weighted by Gasteiger charge is -2.49. The molecule has 0 aliphatic carbocycles. The Morgan fingerprint density at radius 1 is 0.840 bits per heavy atom. The van der Waals surface area contributed by atoms with Crippen molar-refractivity contribution >= 4 is 5.57 Å². The van der Waals surface area contributed by atoms with Crippen LogP contribution in [0.15, 0.2) is 66.2 Å². The van der Waals surface area contributed by atoms with Crippen molar-refractivity contribution in [2.24, 2.45) is 0 Å². The fourth-order valence-corrected chi connectivity index (χ4v) is 4.86. The van der Waals surface area contributed by atoms with Gasteiger partial charge in [-0.3, -0.25) is 0 Å². The minimum atomic E-state index is 0. The molecule has 2 saturated heterocycles. The zero-order valence-corrected chi connectivity index (χ0v) is 16.7. The molecule has 0 saturated carbocycles. The molecule has 2 unspecified atom stereocenters. The first-order chi connectivity index (χ1) is 11.8. The van der Waals surface area contributed by atoms with Crippen LogP contribution in [0.25, 0.3) is 5.57 Å². The van der Waals surface area contributed by atoms with Gasteiger partial charge in [0, 0.05) is 6.42 Å². The van der Waals surface area contributed by atoms with Crippen molar-refractivity contribution in [3.8, 4) is 0 Å². The second kappa shape index (κ2) is 7.88. The fourth-order valence-electron chi connectivity index (χ4n) is 4.86. The normalized spacial score (nSPS) is 25.6. The number of halogens is 1. The Hall–Kier alpha value is -1.38. The predicted octanol–water partition coefficient (Wildman–Crippen LogP) is 2.29. The summed E-state index contributed by atoms with van der Waals surface area (Å²) >= 11 is 0. The molecule has 0 spiro atoms. The van der Waals surface area contributed by atoms with Crippen molar-refractivity contribution in [3.63, 3.8) is 0 Å². The third kappa shape index (κ3) is 3.75. The molecule has 0 bridgehead atoms. The molecule has 0 radical (unpaired) electrons. The first-order valence-electron chi connectivity index (χ1n) is 9.43. The van der Waals surface area contributed by atoms with Crippen LogP contribution in [0.5, 0.6) is 0 Å². The number of hydrogen-bond donors (Lipinski definition) is 0. The van der Waals surface area contributed by atoms with Gasteiger partial charge < -0.3 is 21.5 Å². The molecule has 0 N–H and O–H groups in total. The summed E-state index contributed by atoms with van der Waals surface area (Å²) in [6.45, 7) is 2.58. The number of hydrogen-bond acceptors (Lipinski definition) is 0. The van der Waals surface area contributed by atoms with Crippen LogP contribution < -0.4 is 17.0 Å². The molecule has 2 heteroatoms. The number of nitrogens with zero attached hydrogens (tertiary/aromatic N) is 1. The highest BCUT2D eigenvalue weighted by atomic mass is 79.9. The van der Waals surface area contributed by atoms with Crippen molar-refractivity contribution in [1.82, 2.24) is 0 Å². The molecule has 0 aromatic heterocycles. The molecule has 2 atom stereocenters. The molecular weight excluding hydrogens is 370 g/mol. The van der Waals surface area contributed by atoms with Crippen LogP contribution in [0.4, 0.5) is 0 Å². The van der Waals surface area contributed by atoms with Gasteiger partial charge in [0.2, 0.25) is 0 Å². The van der Waals surface area contributed by atoms with E-state index in [0.717, 1.165) is 6.04 Å². The van der Waals surface area contributed by atoms with Gasteiger partial charge in [-0.25, -0.2) is 0 Å². The van der Waals surface area contributed by atoms with Gasteiger partial charge in [-0.05, 0) is 48.0 Å². The van der Waals surface area contributed by atoms with Crippen molar-refractivity contribution in [3.05, 3.63) is 77.4 Å². The van der Waals surface area contributed by atoms with E-state index in [1.807, 2.05) is 0 Å². The van der Waals surface area contributed by atoms with E-state index in [4.69, 9.17) is 0 Å². The summed E-state index contributed by atoms with van der Waals surface area (Å²) in [7, 11) is 2.50. The number of likely N-dealkylation sites (N-methyl/N-ethyl adjacent to an activating group) is 1. The zero-order valence-electron chi connectivity index (χ0n) is 15.1. The number of quaternary nitrogens is 1. The number of fused-ring (bicyclic) bond motifs is 1. The number of piperidine rings is 2. The third-order valence-corrected chi connectivity index (χ3v) is 6.15. The van der Waals surface area contributed by atoms with Gasteiger partial charge in [0.1, 0.15) is 6.54 Å². The quantitative estimate of drug-likeness (QED) is 0.681. The highest BCUT2D eigenvalue weighted by Crippen LogP contribution is 2.38. The summed E-state index contributed by atoms with van der Waals surface area (Å²) in [5.41, 5.74) is 5.90. The second-order valence-electron chi connectivity index (χ2n) is 7.76. The van der Waals surface area contributed by atoms with Crippen LogP contribution in [0.3, 0.4) is 0 Å². The Morgan fingerprint density at radius 3 is 2.04 bits per heavy atom. The van der Waals surface area contributed by atoms with Crippen LogP contribution in [-0.2, 0) is 0 Å². The second-order valence-corrected chi connectivity index (χ2v) is 7.76. The Kier molecular flexibility index (Phi) is 5.81. The molecular formula is C23H28BrN. The average molecular weight is 398 g/mol. The molecule has 0 amide bonds. The lowest BCUT2D eigenvalue weighted by Crippen LogP contribution is -3.00. The molecule has 2 aromatic carbocycles. The third-order valence-electron chi connectivity index (χ3n) is 6.15. The maximum atomic E-state index is 2.50. The monoisotopic (exact) mass is 397 g/mol. The van der Waals surface area contributed by atoms with E-state index in [1.165, 1.54) is 66.4 Å². The minimum Gasteiger partial charge on any atom is -1.00 e. The molecule has 4 rings (SSSR count). The Bertz CT molecular complexity index is 681. The highest BCUT2D eigenvalue weighted by Gasteiger charge is 2.40. The topological polar surface area (TPSA) is 0 Å². The minimum absolute atomic E-state index is 0. The summed E-state index contributed by atoms with van der Waals surface area (Å²) in [6, 6.07) is 22.9. The average Bonchev–Trinajstić information content (AvgIpc) is 2.63. The first-order valence-corrected chi connectivity index (χ1v) is 9.43. The SMILES string of the molecule is C[N+]12CCCCC1CCC(=C(c1ccccc1)c1ccccc1)C2.[Br-]. The van der Waals surface area contributed by atoms with Crippen molar-refractivity contribution in [2.75, 3.05) is 20.1 Å². The molecule has 2 aromatic rings. The summed E-state index contributed by atoms with van der Waals surface area (Å²) in [5.74, 6) is 0. The zero-order chi connectivity index (χ0) is 16.4. The maximum Gasteiger partial charge on any atom is 0.101 e. The van der Waals surface area contributed by atoms with Crippen LogP contribution in [-0.4, -0.2) is 30.7 Å². The van der Waals surface area contributed by atoms with E-state index in [0.29, 0.717) is 0 Å². The Labute approximate surface area is 162 Å². The van der Waals surface area contributed by atoms with Crippen LogP contribution in [0, 0.1) is 0 Å². The highest BCUT2D eigenvalue weighted by molar-refractivity contribution is 5.82. The van der Waals surface area contributed by atoms with Gasteiger partial charge in [0.15, 0.2) is 0 Å². The van der Waals surface area contributed by atoms with Gasteiger partial charge in [0.25, 0.3) is 0 Å². The molecule has 2 fully saturated rings. The molecule has 2 heterocycles. The summed E-state index contributed by atoms with van der Waals surface area (Å²) in [4.78, 5) is 0. The van der Waals surface area contributed by atoms with Gasteiger partial charge in [0.05, 0.1) is 19.6 Å². The molecule has 25 heavy (non-hydrogen) atoms. The number of benzene rings is 2. The summed E-state index contributed by atoms with van der Waals surface area (Å²) in [5, 5.41) is 0. The lowest BCUT2D eigenvalue weighted by atomic mass is 9.83. The molecule has 132 valence electrons. The largest absolute Gasteiger partial charge is 1.00 e. The van der Waals surface area contributed by atoms with E-state index < -0.39 is 0 Å². The van der Waals surface area contributed by atoms with Gasteiger partial charge in [-0.15, -0.1) is 0 Å². The molecule has 2 aliphatic rings. The van der Waals surface area contributed by atoms with E-state index >= 15 is 0 Å². The predicted molar refractivity (Wildman–Crippen MR) is 102 cm³/mol. The lowest BCUT2D eigenvalue weighted by molar-refractivity contribution is -0.937. The summed E-state index contributed by atoms with van der Waals surface area (Å²) in [6.07, 6.45) is 6.87. The number of rotatable bonds is 2. The van der Waals surface area contributed by atoms with Gasteiger partial charge >= 0.3 is 0 Å². The van der Waals surface area contributed by atoms with E-state index in [2.05, 4.69) is 67.7 Å².